The van der Waals surface area contributed by atoms with Gasteiger partial charge in [0, 0.05) is 29.4 Å². The van der Waals surface area contributed by atoms with Crippen molar-refractivity contribution >= 4 is 35.6 Å². The second-order valence-electron chi connectivity index (χ2n) is 5.89. The fraction of sp³-hybridized carbons (Fsp3) is 0.278. The zero-order valence-electron chi connectivity index (χ0n) is 13.2. The second-order valence-corrected chi connectivity index (χ2v) is 6.30. The summed E-state index contributed by atoms with van der Waals surface area (Å²) in [5.74, 6) is -0.108. The fourth-order valence-corrected chi connectivity index (χ4v) is 2.88. The number of likely N-dealkylation sites (N-methyl/N-ethyl adjacent to an activating group) is 1. The van der Waals surface area contributed by atoms with Gasteiger partial charge in [0.05, 0.1) is 0 Å². The first-order chi connectivity index (χ1) is 10.5. The predicted molar refractivity (Wildman–Crippen MR) is 97.9 cm³/mol. The van der Waals surface area contributed by atoms with E-state index in [9.17, 15) is 4.79 Å². The van der Waals surface area contributed by atoms with Crippen LogP contribution in [0.15, 0.2) is 36.4 Å². The van der Waals surface area contributed by atoms with E-state index in [-0.39, 0.29) is 18.3 Å². The van der Waals surface area contributed by atoms with E-state index in [4.69, 9.17) is 11.6 Å². The average Bonchev–Trinajstić information content (AvgIpc) is 2.49. The second kappa shape index (κ2) is 7.35. The van der Waals surface area contributed by atoms with Crippen LogP contribution >= 0.6 is 24.0 Å². The van der Waals surface area contributed by atoms with Crippen LogP contribution < -0.4 is 5.32 Å². The molecule has 1 heterocycles. The first-order valence-corrected chi connectivity index (χ1v) is 7.78. The fourth-order valence-electron chi connectivity index (χ4n) is 2.77. The largest absolute Gasteiger partial charge is 0.322 e. The maximum Gasteiger partial charge on any atom is 0.255 e. The molecule has 0 saturated heterocycles. The molecule has 0 spiro atoms. The monoisotopic (exact) mass is 350 g/mol. The lowest BCUT2D eigenvalue weighted by molar-refractivity contribution is 0.102. The molecule has 2 aromatic rings. The molecule has 23 heavy (non-hydrogen) atoms. The molecule has 1 N–H and O–H groups in total. The third kappa shape index (κ3) is 4.05. The minimum absolute atomic E-state index is 0. The van der Waals surface area contributed by atoms with Gasteiger partial charge in [0.25, 0.3) is 5.91 Å². The van der Waals surface area contributed by atoms with Gasteiger partial charge in [-0.05, 0) is 67.4 Å². The number of anilines is 1. The van der Waals surface area contributed by atoms with Gasteiger partial charge in [0.15, 0.2) is 0 Å². The highest BCUT2D eigenvalue weighted by Crippen LogP contribution is 2.23. The van der Waals surface area contributed by atoms with Gasteiger partial charge in [-0.15, -0.1) is 12.4 Å². The molecule has 0 aromatic heterocycles. The molecule has 1 amide bonds. The Morgan fingerprint density at radius 3 is 2.70 bits per heavy atom. The lowest BCUT2D eigenvalue weighted by Gasteiger charge is -2.25. The van der Waals surface area contributed by atoms with Gasteiger partial charge >= 0.3 is 0 Å². The number of hydrogen-bond donors (Lipinski definition) is 1. The molecule has 2 aromatic carbocycles. The SMILES string of the molecule is Cc1cc(C(=O)Nc2ccc3c(c2)CN(C)CC3)ccc1Cl.Cl. The molecule has 1 aliphatic heterocycles. The minimum atomic E-state index is -0.108. The van der Waals surface area contributed by atoms with Crippen molar-refractivity contribution in [2.45, 2.75) is 19.9 Å². The Morgan fingerprint density at radius 2 is 1.96 bits per heavy atom. The van der Waals surface area contributed by atoms with Crippen molar-refractivity contribution in [3.8, 4) is 0 Å². The number of nitrogens with one attached hydrogen (secondary N) is 1. The molecule has 3 rings (SSSR count). The Morgan fingerprint density at radius 1 is 1.17 bits per heavy atom. The van der Waals surface area contributed by atoms with Crippen molar-refractivity contribution in [1.82, 2.24) is 4.90 Å². The molecule has 0 bridgehead atoms. The lowest BCUT2D eigenvalue weighted by atomic mass is 9.99. The van der Waals surface area contributed by atoms with E-state index in [1.807, 2.05) is 19.1 Å². The molecule has 122 valence electrons. The number of carbonyl (C=O) groups excluding carboxylic acids is 1. The van der Waals surface area contributed by atoms with Crippen LogP contribution in [0.4, 0.5) is 5.69 Å². The molecule has 5 heteroatoms. The summed E-state index contributed by atoms with van der Waals surface area (Å²) in [6, 6.07) is 11.5. The van der Waals surface area contributed by atoms with E-state index in [1.54, 1.807) is 12.1 Å². The van der Waals surface area contributed by atoms with Gasteiger partial charge < -0.3 is 10.2 Å². The molecule has 3 nitrogen and oxygen atoms in total. The van der Waals surface area contributed by atoms with Crippen molar-refractivity contribution in [1.29, 1.82) is 0 Å². The van der Waals surface area contributed by atoms with Crippen molar-refractivity contribution in [2.24, 2.45) is 0 Å². The summed E-state index contributed by atoms with van der Waals surface area (Å²) in [7, 11) is 2.12. The molecule has 0 aliphatic carbocycles. The molecule has 0 atom stereocenters. The quantitative estimate of drug-likeness (QED) is 0.874. The number of nitrogens with zero attached hydrogens (tertiary/aromatic N) is 1. The summed E-state index contributed by atoms with van der Waals surface area (Å²) >= 11 is 6.00. The highest BCUT2D eigenvalue weighted by atomic mass is 35.5. The number of benzene rings is 2. The average molecular weight is 351 g/mol. The van der Waals surface area contributed by atoms with Crippen LogP contribution in [0, 0.1) is 6.92 Å². The summed E-state index contributed by atoms with van der Waals surface area (Å²) in [6.45, 7) is 3.91. The smallest absolute Gasteiger partial charge is 0.255 e. The molecule has 0 saturated carbocycles. The Bertz CT molecular complexity index is 731. The number of rotatable bonds is 2. The van der Waals surface area contributed by atoms with Crippen LogP contribution in [-0.2, 0) is 13.0 Å². The zero-order chi connectivity index (χ0) is 15.7. The third-order valence-electron chi connectivity index (χ3n) is 4.09. The molecule has 1 aliphatic rings. The Labute approximate surface area is 148 Å². The van der Waals surface area contributed by atoms with Crippen LogP contribution in [0.5, 0.6) is 0 Å². The van der Waals surface area contributed by atoms with E-state index in [0.717, 1.165) is 30.8 Å². The summed E-state index contributed by atoms with van der Waals surface area (Å²) in [4.78, 5) is 14.6. The predicted octanol–water partition coefficient (Wildman–Crippen LogP) is 4.31. The zero-order valence-corrected chi connectivity index (χ0v) is 14.8. The Kier molecular flexibility index (Phi) is 5.69. The summed E-state index contributed by atoms with van der Waals surface area (Å²) in [5, 5.41) is 3.64. The van der Waals surface area contributed by atoms with E-state index >= 15 is 0 Å². The Hall–Kier alpha value is -1.55. The standard InChI is InChI=1S/C18H19ClN2O.ClH/c1-12-9-14(4-6-17(12)19)18(22)20-16-5-3-13-7-8-21(2)11-15(13)10-16;/h3-6,9-10H,7-8,11H2,1-2H3,(H,20,22);1H. The summed E-state index contributed by atoms with van der Waals surface area (Å²) in [6.07, 6.45) is 1.07. The van der Waals surface area contributed by atoms with Crippen LogP contribution in [0.2, 0.25) is 5.02 Å². The van der Waals surface area contributed by atoms with Crippen molar-refractivity contribution < 1.29 is 4.79 Å². The number of fused-ring (bicyclic) bond motifs is 1. The number of halogens is 2. The number of amides is 1. The number of aryl methyl sites for hydroxylation is 1. The van der Waals surface area contributed by atoms with Crippen molar-refractivity contribution in [3.63, 3.8) is 0 Å². The van der Waals surface area contributed by atoms with Gasteiger partial charge in [0.2, 0.25) is 0 Å². The Balaban J connectivity index is 0.00000192. The lowest BCUT2D eigenvalue weighted by Crippen LogP contribution is -2.26. The highest BCUT2D eigenvalue weighted by Gasteiger charge is 2.14. The summed E-state index contributed by atoms with van der Waals surface area (Å²) in [5.41, 5.74) is 5.03. The topological polar surface area (TPSA) is 32.3 Å². The van der Waals surface area contributed by atoms with Gasteiger partial charge in [-0.2, -0.15) is 0 Å². The van der Waals surface area contributed by atoms with Gasteiger partial charge in [-0.3, -0.25) is 4.79 Å². The van der Waals surface area contributed by atoms with Crippen LogP contribution in [0.25, 0.3) is 0 Å². The normalized spacial score (nSPS) is 13.9. The van der Waals surface area contributed by atoms with Gasteiger partial charge in [-0.1, -0.05) is 17.7 Å². The molecule has 0 radical (unpaired) electrons. The number of hydrogen-bond acceptors (Lipinski definition) is 2. The molecule has 0 fully saturated rings. The first kappa shape index (κ1) is 17.8. The van der Waals surface area contributed by atoms with Gasteiger partial charge in [-0.25, -0.2) is 0 Å². The molecular weight excluding hydrogens is 331 g/mol. The van der Waals surface area contributed by atoms with E-state index < -0.39 is 0 Å². The van der Waals surface area contributed by atoms with E-state index in [2.05, 4.69) is 29.4 Å². The minimum Gasteiger partial charge on any atom is -0.322 e. The molecule has 0 unspecified atom stereocenters. The third-order valence-corrected chi connectivity index (χ3v) is 4.51. The molecular formula is C18H20Cl2N2O. The van der Waals surface area contributed by atoms with E-state index in [0.29, 0.717) is 10.6 Å². The number of carbonyl (C=O) groups is 1. The van der Waals surface area contributed by atoms with Crippen LogP contribution in [0.1, 0.15) is 27.0 Å². The highest BCUT2D eigenvalue weighted by molar-refractivity contribution is 6.31. The maximum absolute atomic E-state index is 12.3. The first-order valence-electron chi connectivity index (χ1n) is 7.41. The van der Waals surface area contributed by atoms with Crippen molar-refractivity contribution in [2.75, 3.05) is 18.9 Å². The summed E-state index contributed by atoms with van der Waals surface area (Å²) < 4.78 is 0. The van der Waals surface area contributed by atoms with E-state index in [1.165, 1.54) is 11.1 Å². The van der Waals surface area contributed by atoms with Crippen molar-refractivity contribution in [3.05, 3.63) is 63.7 Å². The maximum atomic E-state index is 12.3. The van der Waals surface area contributed by atoms with Crippen LogP contribution in [0.3, 0.4) is 0 Å². The van der Waals surface area contributed by atoms with Gasteiger partial charge in [0.1, 0.15) is 0 Å². The van der Waals surface area contributed by atoms with Crippen LogP contribution in [-0.4, -0.2) is 24.4 Å².